The summed E-state index contributed by atoms with van der Waals surface area (Å²) < 4.78 is 0. The third-order valence-corrected chi connectivity index (χ3v) is 4.42. The van der Waals surface area contributed by atoms with Crippen molar-refractivity contribution in [2.45, 2.75) is 38.1 Å². The Bertz CT molecular complexity index is 535. The van der Waals surface area contributed by atoms with E-state index in [2.05, 4.69) is 5.32 Å². The van der Waals surface area contributed by atoms with Crippen molar-refractivity contribution >= 4 is 12.0 Å². The number of amides is 2. The van der Waals surface area contributed by atoms with Crippen LogP contribution < -0.4 is 5.32 Å². The molecule has 0 bridgehead atoms. The van der Waals surface area contributed by atoms with Gasteiger partial charge in [-0.25, -0.2) is 4.79 Å². The number of aliphatic hydroxyl groups is 1. The van der Waals surface area contributed by atoms with E-state index in [-0.39, 0.29) is 25.2 Å². The summed E-state index contributed by atoms with van der Waals surface area (Å²) >= 11 is 0. The molecule has 6 nitrogen and oxygen atoms in total. The molecule has 0 aliphatic carbocycles. The minimum Gasteiger partial charge on any atom is -0.481 e. The number of nitrogens with one attached hydrogen (secondary N) is 1. The Balaban J connectivity index is 1.94. The molecule has 1 saturated heterocycles. The van der Waals surface area contributed by atoms with Crippen LogP contribution in [-0.4, -0.2) is 52.9 Å². The van der Waals surface area contributed by atoms with Gasteiger partial charge < -0.3 is 20.4 Å². The maximum Gasteiger partial charge on any atom is 0.317 e. The Morgan fingerprint density at radius 1 is 1.29 bits per heavy atom. The quantitative estimate of drug-likeness (QED) is 0.710. The molecule has 24 heavy (non-hydrogen) atoms. The highest BCUT2D eigenvalue weighted by molar-refractivity contribution is 5.76. The van der Waals surface area contributed by atoms with Gasteiger partial charge in [0.05, 0.1) is 5.92 Å². The van der Waals surface area contributed by atoms with E-state index in [0.29, 0.717) is 38.6 Å². The highest BCUT2D eigenvalue weighted by Crippen LogP contribution is 2.17. The third-order valence-electron chi connectivity index (χ3n) is 4.42. The number of nitrogens with zero attached hydrogens (tertiary/aromatic N) is 1. The number of carboxylic acids is 1. The van der Waals surface area contributed by atoms with Gasteiger partial charge in [-0.2, -0.15) is 0 Å². The van der Waals surface area contributed by atoms with Crippen molar-refractivity contribution in [3.05, 3.63) is 35.9 Å². The van der Waals surface area contributed by atoms with Crippen LogP contribution in [0.25, 0.3) is 0 Å². The van der Waals surface area contributed by atoms with E-state index >= 15 is 0 Å². The molecule has 0 spiro atoms. The molecule has 2 unspecified atom stereocenters. The fourth-order valence-electron chi connectivity index (χ4n) is 3.09. The van der Waals surface area contributed by atoms with Crippen molar-refractivity contribution in [1.82, 2.24) is 10.2 Å². The first-order valence-corrected chi connectivity index (χ1v) is 8.53. The van der Waals surface area contributed by atoms with E-state index in [4.69, 9.17) is 10.2 Å². The Hall–Kier alpha value is -2.08. The Kier molecular flexibility index (Phi) is 7.06. The second-order valence-corrected chi connectivity index (χ2v) is 6.33. The number of carboxylic acid groups (broad SMARTS) is 1. The van der Waals surface area contributed by atoms with Crippen molar-refractivity contribution in [3.63, 3.8) is 0 Å². The van der Waals surface area contributed by atoms with Crippen LogP contribution in [0.15, 0.2) is 30.3 Å². The maximum absolute atomic E-state index is 12.5. The summed E-state index contributed by atoms with van der Waals surface area (Å²) in [7, 11) is 0. The van der Waals surface area contributed by atoms with E-state index in [0.717, 1.165) is 5.56 Å². The number of hydrogen-bond donors (Lipinski definition) is 3. The molecule has 1 aromatic carbocycles. The first-order valence-electron chi connectivity index (χ1n) is 8.53. The Morgan fingerprint density at radius 2 is 2.04 bits per heavy atom. The van der Waals surface area contributed by atoms with Crippen LogP contribution in [0.4, 0.5) is 4.79 Å². The lowest BCUT2D eigenvalue weighted by Crippen LogP contribution is -2.50. The molecule has 0 aromatic heterocycles. The van der Waals surface area contributed by atoms with Gasteiger partial charge in [0.15, 0.2) is 0 Å². The lowest BCUT2D eigenvalue weighted by Gasteiger charge is -2.32. The summed E-state index contributed by atoms with van der Waals surface area (Å²) in [5, 5.41) is 21.2. The molecule has 2 amide bonds. The number of likely N-dealkylation sites (tertiary alicyclic amines) is 1. The van der Waals surface area contributed by atoms with Crippen LogP contribution in [0.5, 0.6) is 0 Å². The third kappa shape index (κ3) is 5.53. The van der Waals surface area contributed by atoms with E-state index in [1.807, 2.05) is 30.3 Å². The summed E-state index contributed by atoms with van der Waals surface area (Å²) in [5.41, 5.74) is 1.13. The largest absolute Gasteiger partial charge is 0.481 e. The molecule has 1 aliphatic rings. The van der Waals surface area contributed by atoms with Crippen LogP contribution in [0.3, 0.4) is 0 Å². The fraction of sp³-hybridized carbons (Fsp3) is 0.556. The maximum atomic E-state index is 12.5. The summed E-state index contributed by atoms with van der Waals surface area (Å²) in [4.78, 5) is 25.2. The smallest absolute Gasteiger partial charge is 0.317 e. The zero-order valence-corrected chi connectivity index (χ0v) is 13.9. The standard InChI is InChI=1S/C18H26N2O4/c21-11-5-9-16(12-14-6-2-1-3-7-14)19-18(24)20-10-4-8-15(13-20)17(22)23/h1-3,6-7,15-16,21H,4-5,8-13H2,(H,19,24)(H,22,23). The van der Waals surface area contributed by atoms with Crippen molar-refractivity contribution in [2.24, 2.45) is 5.92 Å². The predicted octanol–water partition coefficient (Wildman–Crippen LogP) is 1.88. The van der Waals surface area contributed by atoms with Gasteiger partial charge in [-0.3, -0.25) is 4.79 Å². The molecule has 2 rings (SSSR count). The van der Waals surface area contributed by atoms with Gasteiger partial charge in [0.1, 0.15) is 0 Å². The zero-order chi connectivity index (χ0) is 17.4. The fourth-order valence-corrected chi connectivity index (χ4v) is 3.09. The molecular formula is C18H26N2O4. The highest BCUT2D eigenvalue weighted by atomic mass is 16.4. The average Bonchev–Trinajstić information content (AvgIpc) is 2.60. The number of benzene rings is 1. The van der Waals surface area contributed by atoms with Crippen molar-refractivity contribution in [1.29, 1.82) is 0 Å². The van der Waals surface area contributed by atoms with Gasteiger partial charge >= 0.3 is 12.0 Å². The van der Waals surface area contributed by atoms with Crippen LogP contribution in [0, 0.1) is 5.92 Å². The van der Waals surface area contributed by atoms with Crippen molar-refractivity contribution < 1.29 is 19.8 Å². The van der Waals surface area contributed by atoms with Gasteiger partial charge in [-0.1, -0.05) is 30.3 Å². The molecule has 1 aromatic rings. The minimum atomic E-state index is -0.839. The second kappa shape index (κ2) is 9.27. The molecule has 3 N–H and O–H groups in total. The van der Waals surface area contributed by atoms with Gasteiger partial charge in [-0.15, -0.1) is 0 Å². The summed E-state index contributed by atoms with van der Waals surface area (Å²) in [6, 6.07) is 9.62. The van der Waals surface area contributed by atoms with Gasteiger partial charge in [-0.05, 0) is 37.7 Å². The molecule has 132 valence electrons. The highest BCUT2D eigenvalue weighted by Gasteiger charge is 2.28. The summed E-state index contributed by atoms with van der Waals surface area (Å²) in [6.07, 6.45) is 3.34. The molecule has 1 heterocycles. The van der Waals surface area contributed by atoms with Gasteiger partial charge in [0.25, 0.3) is 0 Å². The topological polar surface area (TPSA) is 89.9 Å². The molecule has 1 fully saturated rings. The van der Waals surface area contributed by atoms with Gasteiger partial charge in [0, 0.05) is 25.7 Å². The number of carbonyl (C=O) groups is 2. The Labute approximate surface area is 142 Å². The predicted molar refractivity (Wildman–Crippen MR) is 90.7 cm³/mol. The first-order chi connectivity index (χ1) is 11.6. The van der Waals surface area contributed by atoms with E-state index in [1.54, 1.807) is 4.90 Å². The second-order valence-electron chi connectivity index (χ2n) is 6.33. The number of aliphatic hydroxyl groups excluding tert-OH is 1. The molecule has 0 radical (unpaired) electrons. The lowest BCUT2D eigenvalue weighted by molar-refractivity contribution is -0.143. The van der Waals surface area contributed by atoms with Crippen molar-refractivity contribution in [3.8, 4) is 0 Å². The summed E-state index contributed by atoms with van der Waals surface area (Å²) in [6.45, 7) is 0.943. The van der Waals surface area contributed by atoms with Crippen molar-refractivity contribution in [2.75, 3.05) is 19.7 Å². The molecule has 1 aliphatic heterocycles. The Morgan fingerprint density at radius 3 is 2.71 bits per heavy atom. The number of piperidine rings is 1. The van der Waals surface area contributed by atoms with E-state index < -0.39 is 11.9 Å². The van der Waals surface area contributed by atoms with Crippen LogP contribution in [0.2, 0.25) is 0 Å². The molecule has 0 saturated carbocycles. The van der Waals surface area contributed by atoms with Crippen LogP contribution in [-0.2, 0) is 11.2 Å². The average molecular weight is 334 g/mol. The lowest BCUT2D eigenvalue weighted by atomic mass is 9.98. The van der Waals surface area contributed by atoms with Gasteiger partial charge in [0.2, 0.25) is 0 Å². The van der Waals surface area contributed by atoms with Crippen LogP contribution >= 0.6 is 0 Å². The minimum absolute atomic E-state index is 0.0720. The number of carbonyl (C=O) groups excluding carboxylic acids is 1. The first kappa shape index (κ1) is 18.3. The normalized spacial score (nSPS) is 18.9. The molecular weight excluding hydrogens is 308 g/mol. The number of hydrogen-bond acceptors (Lipinski definition) is 3. The van der Waals surface area contributed by atoms with E-state index in [1.165, 1.54) is 0 Å². The zero-order valence-electron chi connectivity index (χ0n) is 13.9. The number of urea groups is 1. The molecule has 2 atom stereocenters. The van der Waals surface area contributed by atoms with E-state index in [9.17, 15) is 9.59 Å². The SMILES string of the molecule is O=C(O)C1CCCN(C(=O)NC(CCCO)Cc2ccccc2)C1. The summed E-state index contributed by atoms with van der Waals surface area (Å²) in [5.74, 6) is -1.32. The van der Waals surface area contributed by atoms with Crippen LogP contribution in [0.1, 0.15) is 31.2 Å². The number of aliphatic carboxylic acids is 1. The molecule has 6 heteroatoms. The monoisotopic (exact) mass is 334 g/mol. The number of rotatable bonds is 7.